The largest absolute Gasteiger partial charge is 0.494 e. The Kier molecular flexibility index (Phi) is 5.92. The molecule has 4 rings (SSSR count). The van der Waals surface area contributed by atoms with Gasteiger partial charge in [-0.05, 0) is 30.7 Å². The minimum Gasteiger partial charge on any atom is -0.494 e. The molecule has 1 aliphatic heterocycles. The van der Waals surface area contributed by atoms with Gasteiger partial charge < -0.3 is 9.64 Å². The summed E-state index contributed by atoms with van der Waals surface area (Å²) in [4.78, 5) is 34.3. The van der Waals surface area contributed by atoms with Crippen molar-refractivity contribution in [3.63, 3.8) is 0 Å². The van der Waals surface area contributed by atoms with Gasteiger partial charge in [-0.1, -0.05) is 6.92 Å². The van der Waals surface area contributed by atoms with Crippen LogP contribution in [0.1, 0.15) is 29.4 Å². The first-order valence-corrected chi connectivity index (χ1v) is 10.7. The monoisotopic (exact) mass is 412 g/mol. The SMILES string of the molecule is CCCOc1ccc(C(=O)N2CCN(Cc3cc(=O)n4ccsc4n3)CC2)cc1. The standard InChI is InChI=1S/C21H24N4O3S/c1-2-12-28-18-5-3-16(4-6-18)20(27)24-9-7-23(8-10-24)15-17-14-19(26)25-11-13-29-21(25)22-17/h3-6,11,13-14H,2,7-10,12,15H2,1H3. The minimum atomic E-state index is -0.0496. The van der Waals surface area contributed by atoms with Crippen molar-refractivity contribution in [1.29, 1.82) is 0 Å². The molecule has 0 radical (unpaired) electrons. The number of rotatable bonds is 6. The molecule has 0 atom stereocenters. The Hall–Kier alpha value is -2.71. The topological polar surface area (TPSA) is 67.2 Å². The van der Waals surface area contributed by atoms with Gasteiger partial charge in [0.25, 0.3) is 11.5 Å². The van der Waals surface area contributed by atoms with Crippen LogP contribution in [-0.4, -0.2) is 57.9 Å². The van der Waals surface area contributed by atoms with E-state index in [0.29, 0.717) is 36.8 Å². The lowest BCUT2D eigenvalue weighted by Gasteiger charge is -2.34. The molecule has 0 saturated carbocycles. The van der Waals surface area contributed by atoms with Crippen LogP contribution in [0.4, 0.5) is 0 Å². The Morgan fingerprint density at radius 1 is 1.17 bits per heavy atom. The highest BCUT2D eigenvalue weighted by molar-refractivity contribution is 7.15. The van der Waals surface area contributed by atoms with E-state index in [1.807, 2.05) is 34.5 Å². The maximum absolute atomic E-state index is 12.8. The van der Waals surface area contributed by atoms with Crippen molar-refractivity contribution in [3.8, 4) is 5.75 Å². The zero-order valence-electron chi connectivity index (χ0n) is 16.4. The number of hydrogen-bond donors (Lipinski definition) is 0. The fourth-order valence-corrected chi connectivity index (χ4v) is 4.14. The molecule has 29 heavy (non-hydrogen) atoms. The van der Waals surface area contributed by atoms with Crippen molar-refractivity contribution in [2.45, 2.75) is 19.9 Å². The molecule has 0 aliphatic carbocycles. The molecule has 2 aromatic heterocycles. The predicted octanol–water partition coefficient (Wildman–Crippen LogP) is 2.50. The van der Waals surface area contributed by atoms with Gasteiger partial charge in [0.15, 0.2) is 4.96 Å². The summed E-state index contributed by atoms with van der Waals surface area (Å²) in [5.41, 5.74) is 1.41. The zero-order valence-corrected chi connectivity index (χ0v) is 17.2. The number of piperazine rings is 1. The molecule has 7 nitrogen and oxygen atoms in total. The Morgan fingerprint density at radius 3 is 2.66 bits per heavy atom. The summed E-state index contributed by atoms with van der Waals surface area (Å²) in [6.07, 6.45) is 2.70. The summed E-state index contributed by atoms with van der Waals surface area (Å²) in [5.74, 6) is 0.836. The Morgan fingerprint density at radius 2 is 1.93 bits per heavy atom. The Balaban J connectivity index is 1.33. The highest BCUT2D eigenvalue weighted by atomic mass is 32.1. The molecule has 1 aliphatic rings. The molecule has 8 heteroatoms. The summed E-state index contributed by atoms with van der Waals surface area (Å²) >= 11 is 1.46. The van der Waals surface area contributed by atoms with Crippen molar-refractivity contribution in [3.05, 3.63) is 63.5 Å². The van der Waals surface area contributed by atoms with E-state index in [1.165, 1.54) is 11.3 Å². The van der Waals surface area contributed by atoms with E-state index in [4.69, 9.17) is 4.74 Å². The molecule has 1 amide bonds. The number of fused-ring (bicyclic) bond motifs is 1. The number of thiazole rings is 1. The highest BCUT2D eigenvalue weighted by Gasteiger charge is 2.22. The quantitative estimate of drug-likeness (QED) is 0.622. The molecular formula is C21H24N4O3S. The lowest BCUT2D eigenvalue weighted by Crippen LogP contribution is -2.48. The average Bonchev–Trinajstić information content (AvgIpc) is 3.22. The van der Waals surface area contributed by atoms with Crippen molar-refractivity contribution in [2.24, 2.45) is 0 Å². The molecule has 1 aromatic carbocycles. The van der Waals surface area contributed by atoms with E-state index in [0.717, 1.165) is 31.0 Å². The first-order valence-electron chi connectivity index (χ1n) is 9.84. The first-order chi connectivity index (χ1) is 14.1. The van der Waals surface area contributed by atoms with Crippen LogP contribution in [0.5, 0.6) is 5.75 Å². The van der Waals surface area contributed by atoms with Gasteiger partial charge in [-0.15, -0.1) is 11.3 Å². The van der Waals surface area contributed by atoms with E-state index in [9.17, 15) is 9.59 Å². The van der Waals surface area contributed by atoms with Gasteiger partial charge in [0, 0.05) is 55.9 Å². The molecule has 0 N–H and O–H groups in total. The van der Waals surface area contributed by atoms with E-state index in [-0.39, 0.29) is 11.5 Å². The minimum absolute atomic E-state index is 0.0445. The summed E-state index contributed by atoms with van der Waals surface area (Å²) in [6, 6.07) is 8.95. The molecule has 0 spiro atoms. The van der Waals surface area contributed by atoms with Gasteiger partial charge in [0.1, 0.15) is 5.75 Å². The summed E-state index contributed by atoms with van der Waals surface area (Å²) in [5, 5.41) is 1.86. The van der Waals surface area contributed by atoms with Gasteiger partial charge in [-0.3, -0.25) is 18.9 Å². The summed E-state index contributed by atoms with van der Waals surface area (Å²) < 4.78 is 7.13. The normalized spacial score (nSPS) is 15.0. The van der Waals surface area contributed by atoms with Crippen molar-refractivity contribution < 1.29 is 9.53 Å². The van der Waals surface area contributed by atoms with Crippen LogP contribution in [0.2, 0.25) is 0 Å². The molecular weight excluding hydrogens is 388 g/mol. The van der Waals surface area contributed by atoms with E-state index in [1.54, 1.807) is 16.7 Å². The third-order valence-electron chi connectivity index (χ3n) is 4.98. The Labute approximate surface area is 173 Å². The van der Waals surface area contributed by atoms with Gasteiger partial charge in [0.2, 0.25) is 0 Å². The second-order valence-corrected chi connectivity index (χ2v) is 7.96. The first kappa shape index (κ1) is 19.6. The maximum atomic E-state index is 12.8. The van der Waals surface area contributed by atoms with Crippen molar-refractivity contribution in [1.82, 2.24) is 19.2 Å². The highest BCUT2D eigenvalue weighted by Crippen LogP contribution is 2.16. The van der Waals surface area contributed by atoms with Crippen molar-refractivity contribution >= 4 is 22.2 Å². The molecule has 1 fully saturated rings. The smallest absolute Gasteiger partial charge is 0.258 e. The number of hydrogen-bond acceptors (Lipinski definition) is 6. The second-order valence-electron chi connectivity index (χ2n) is 7.08. The van der Waals surface area contributed by atoms with Crippen LogP contribution in [0.3, 0.4) is 0 Å². The van der Waals surface area contributed by atoms with E-state index < -0.39 is 0 Å². The third-order valence-corrected chi connectivity index (χ3v) is 5.73. The average molecular weight is 413 g/mol. The summed E-state index contributed by atoms with van der Waals surface area (Å²) in [6.45, 7) is 6.20. The molecule has 0 bridgehead atoms. The number of benzene rings is 1. The van der Waals surface area contributed by atoms with Crippen LogP contribution >= 0.6 is 11.3 Å². The molecule has 3 heterocycles. The number of carbonyl (C=O) groups is 1. The zero-order chi connectivity index (χ0) is 20.2. The van der Waals surface area contributed by atoms with E-state index >= 15 is 0 Å². The number of nitrogens with zero attached hydrogens (tertiary/aromatic N) is 4. The van der Waals surface area contributed by atoms with Crippen LogP contribution in [0, 0.1) is 0 Å². The fourth-order valence-electron chi connectivity index (χ4n) is 3.40. The van der Waals surface area contributed by atoms with Gasteiger partial charge in [-0.2, -0.15) is 0 Å². The van der Waals surface area contributed by atoms with Gasteiger partial charge >= 0.3 is 0 Å². The Bertz CT molecular complexity index is 1040. The lowest BCUT2D eigenvalue weighted by molar-refractivity contribution is 0.0627. The van der Waals surface area contributed by atoms with Crippen LogP contribution in [0.15, 0.2) is 46.7 Å². The molecule has 0 unspecified atom stereocenters. The summed E-state index contributed by atoms with van der Waals surface area (Å²) in [7, 11) is 0. The second kappa shape index (κ2) is 8.75. The molecule has 152 valence electrons. The predicted molar refractivity (Wildman–Crippen MR) is 113 cm³/mol. The van der Waals surface area contributed by atoms with Crippen LogP contribution in [-0.2, 0) is 6.54 Å². The fraction of sp³-hybridized carbons (Fsp3) is 0.381. The molecule has 3 aromatic rings. The number of carbonyl (C=O) groups excluding carboxylic acids is 1. The number of aromatic nitrogens is 2. The van der Waals surface area contributed by atoms with Crippen molar-refractivity contribution in [2.75, 3.05) is 32.8 Å². The lowest BCUT2D eigenvalue weighted by atomic mass is 10.1. The van der Waals surface area contributed by atoms with E-state index in [2.05, 4.69) is 16.8 Å². The van der Waals surface area contributed by atoms with Crippen LogP contribution < -0.4 is 10.3 Å². The number of amides is 1. The van der Waals surface area contributed by atoms with Gasteiger partial charge in [-0.25, -0.2) is 4.98 Å². The maximum Gasteiger partial charge on any atom is 0.258 e. The third kappa shape index (κ3) is 4.49. The van der Waals surface area contributed by atoms with Crippen LogP contribution in [0.25, 0.3) is 4.96 Å². The molecule has 1 saturated heterocycles. The number of ether oxygens (including phenoxy) is 1. The van der Waals surface area contributed by atoms with Gasteiger partial charge in [0.05, 0.1) is 12.3 Å².